The third kappa shape index (κ3) is 2.01. The van der Waals surface area contributed by atoms with E-state index < -0.39 is 0 Å². The Balaban J connectivity index is 1.69. The first-order chi connectivity index (χ1) is 5.90. The summed E-state index contributed by atoms with van der Waals surface area (Å²) in [5, 5.41) is 0. The molecule has 0 aliphatic heterocycles. The quantitative estimate of drug-likeness (QED) is 0.629. The van der Waals surface area contributed by atoms with Gasteiger partial charge >= 0.3 is 0 Å². The Hall–Kier alpha value is -0.0400. The zero-order valence-electron chi connectivity index (χ0n) is 8.09. The monoisotopic (exact) mass is 168 g/mol. The Kier molecular flexibility index (Phi) is 2.69. The van der Waals surface area contributed by atoms with Crippen molar-refractivity contribution in [3.8, 4) is 0 Å². The van der Waals surface area contributed by atoms with Crippen LogP contribution in [0.3, 0.4) is 0 Å². The summed E-state index contributed by atoms with van der Waals surface area (Å²) >= 11 is 0. The molecule has 0 saturated heterocycles. The molecule has 0 aromatic rings. The van der Waals surface area contributed by atoms with Gasteiger partial charge in [-0.15, -0.1) is 0 Å². The van der Waals surface area contributed by atoms with Crippen molar-refractivity contribution < 1.29 is 4.74 Å². The van der Waals surface area contributed by atoms with Crippen molar-refractivity contribution in [3.05, 3.63) is 0 Å². The van der Waals surface area contributed by atoms with Crippen molar-refractivity contribution >= 4 is 0 Å². The standard InChI is InChI=1S/C11H20O/c1-12-8-9-2-4-10(5-3-9)11-6-7-11/h9-11H,2-8H2,1H3. The summed E-state index contributed by atoms with van der Waals surface area (Å²) in [6.07, 6.45) is 8.88. The Morgan fingerprint density at radius 1 is 0.917 bits per heavy atom. The molecule has 70 valence electrons. The third-order valence-electron chi connectivity index (χ3n) is 3.58. The highest BCUT2D eigenvalue weighted by molar-refractivity contribution is 4.84. The Labute approximate surface area is 75.5 Å². The molecule has 2 fully saturated rings. The summed E-state index contributed by atoms with van der Waals surface area (Å²) in [4.78, 5) is 0. The van der Waals surface area contributed by atoms with Gasteiger partial charge in [0, 0.05) is 13.7 Å². The largest absolute Gasteiger partial charge is 0.384 e. The van der Waals surface area contributed by atoms with E-state index in [-0.39, 0.29) is 0 Å². The van der Waals surface area contributed by atoms with Crippen molar-refractivity contribution in [2.75, 3.05) is 13.7 Å². The summed E-state index contributed by atoms with van der Waals surface area (Å²) in [6.45, 7) is 0.997. The van der Waals surface area contributed by atoms with E-state index in [1.807, 2.05) is 7.11 Å². The van der Waals surface area contributed by atoms with E-state index >= 15 is 0 Å². The van der Waals surface area contributed by atoms with Crippen LogP contribution in [-0.2, 0) is 4.74 Å². The maximum atomic E-state index is 5.19. The van der Waals surface area contributed by atoms with E-state index in [4.69, 9.17) is 4.74 Å². The van der Waals surface area contributed by atoms with Crippen LogP contribution in [0.25, 0.3) is 0 Å². The molecule has 1 nitrogen and oxygen atoms in total. The molecule has 0 aromatic carbocycles. The Morgan fingerprint density at radius 2 is 1.42 bits per heavy atom. The summed E-state index contributed by atoms with van der Waals surface area (Å²) in [7, 11) is 1.83. The van der Waals surface area contributed by atoms with E-state index in [9.17, 15) is 0 Å². The van der Waals surface area contributed by atoms with Crippen LogP contribution in [-0.4, -0.2) is 13.7 Å². The molecule has 0 spiro atoms. The van der Waals surface area contributed by atoms with Gasteiger partial charge in [0.15, 0.2) is 0 Å². The molecule has 0 heterocycles. The van der Waals surface area contributed by atoms with E-state index in [1.165, 1.54) is 38.5 Å². The first-order valence-corrected chi connectivity index (χ1v) is 5.39. The summed E-state index contributed by atoms with van der Waals surface area (Å²) in [6, 6.07) is 0. The smallest absolute Gasteiger partial charge is 0.0490 e. The van der Waals surface area contributed by atoms with E-state index in [1.54, 1.807) is 0 Å². The fraction of sp³-hybridized carbons (Fsp3) is 1.00. The van der Waals surface area contributed by atoms with Crippen LogP contribution in [0.1, 0.15) is 38.5 Å². The lowest BCUT2D eigenvalue weighted by atomic mass is 9.80. The first-order valence-electron chi connectivity index (χ1n) is 5.39. The van der Waals surface area contributed by atoms with Crippen LogP contribution < -0.4 is 0 Å². The van der Waals surface area contributed by atoms with Gasteiger partial charge in [-0.3, -0.25) is 0 Å². The van der Waals surface area contributed by atoms with Gasteiger partial charge in [0.2, 0.25) is 0 Å². The first kappa shape index (κ1) is 8.55. The van der Waals surface area contributed by atoms with Crippen molar-refractivity contribution in [2.45, 2.75) is 38.5 Å². The minimum atomic E-state index is 0.880. The highest BCUT2D eigenvalue weighted by Crippen LogP contribution is 2.44. The van der Waals surface area contributed by atoms with Gasteiger partial charge in [0.1, 0.15) is 0 Å². The molecule has 0 N–H and O–H groups in total. The molecule has 1 heteroatoms. The molecule has 0 radical (unpaired) electrons. The average Bonchev–Trinajstić information content (AvgIpc) is 2.89. The van der Waals surface area contributed by atoms with Gasteiger partial charge in [0.05, 0.1) is 0 Å². The summed E-state index contributed by atoms with van der Waals surface area (Å²) in [5.41, 5.74) is 0. The molecular weight excluding hydrogens is 148 g/mol. The normalized spacial score (nSPS) is 36.8. The lowest BCUT2D eigenvalue weighted by Crippen LogP contribution is -2.19. The maximum Gasteiger partial charge on any atom is 0.0490 e. The molecule has 12 heavy (non-hydrogen) atoms. The second-order valence-electron chi connectivity index (χ2n) is 4.57. The fourth-order valence-corrected chi connectivity index (χ4v) is 2.63. The van der Waals surface area contributed by atoms with Crippen molar-refractivity contribution in [2.24, 2.45) is 17.8 Å². The molecule has 0 aromatic heterocycles. The molecule has 0 unspecified atom stereocenters. The van der Waals surface area contributed by atoms with Crippen LogP contribution in [0.5, 0.6) is 0 Å². The van der Waals surface area contributed by atoms with Gasteiger partial charge in [-0.05, 0) is 56.3 Å². The highest BCUT2D eigenvalue weighted by Gasteiger charge is 2.33. The number of hydrogen-bond donors (Lipinski definition) is 0. The number of rotatable bonds is 3. The molecule has 2 rings (SSSR count). The maximum absolute atomic E-state index is 5.19. The van der Waals surface area contributed by atoms with Gasteiger partial charge in [-0.25, -0.2) is 0 Å². The lowest BCUT2D eigenvalue weighted by molar-refractivity contribution is 0.115. The molecular formula is C11H20O. The molecule has 0 atom stereocenters. The number of hydrogen-bond acceptors (Lipinski definition) is 1. The molecule has 2 aliphatic carbocycles. The van der Waals surface area contributed by atoms with Crippen LogP contribution in [0.4, 0.5) is 0 Å². The van der Waals surface area contributed by atoms with Crippen molar-refractivity contribution in [1.29, 1.82) is 0 Å². The molecule has 0 amide bonds. The molecule has 0 bridgehead atoms. The third-order valence-corrected chi connectivity index (χ3v) is 3.58. The molecule has 2 aliphatic rings. The predicted octanol–water partition coefficient (Wildman–Crippen LogP) is 2.85. The Morgan fingerprint density at radius 3 is 1.83 bits per heavy atom. The van der Waals surface area contributed by atoms with Crippen molar-refractivity contribution in [3.63, 3.8) is 0 Å². The van der Waals surface area contributed by atoms with E-state index in [0.29, 0.717) is 0 Å². The van der Waals surface area contributed by atoms with Crippen LogP contribution >= 0.6 is 0 Å². The SMILES string of the molecule is COCC1CCC(C2CC2)CC1. The summed E-state index contributed by atoms with van der Waals surface area (Å²) in [5.74, 6) is 3.11. The van der Waals surface area contributed by atoms with E-state index in [2.05, 4.69) is 0 Å². The van der Waals surface area contributed by atoms with Crippen molar-refractivity contribution in [1.82, 2.24) is 0 Å². The zero-order chi connectivity index (χ0) is 8.39. The van der Waals surface area contributed by atoms with Crippen LogP contribution in [0.15, 0.2) is 0 Å². The molecule has 2 saturated carbocycles. The van der Waals surface area contributed by atoms with Gasteiger partial charge in [-0.1, -0.05) is 0 Å². The van der Waals surface area contributed by atoms with Gasteiger partial charge in [0.25, 0.3) is 0 Å². The second kappa shape index (κ2) is 3.78. The second-order valence-corrected chi connectivity index (χ2v) is 4.57. The average molecular weight is 168 g/mol. The topological polar surface area (TPSA) is 9.23 Å². The number of ether oxygens (including phenoxy) is 1. The Bertz CT molecular complexity index is 132. The minimum Gasteiger partial charge on any atom is -0.384 e. The minimum absolute atomic E-state index is 0.880. The predicted molar refractivity (Wildman–Crippen MR) is 50.0 cm³/mol. The van der Waals surface area contributed by atoms with Gasteiger partial charge < -0.3 is 4.74 Å². The van der Waals surface area contributed by atoms with Gasteiger partial charge in [-0.2, -0.15) is 0 Å². The lowest BCUT2D eigenvalue weighted by Gasteiger charge is -2.27. The fourth-order valence-electron chi connectivity index (χ4n) is 2.63. The zero-order valence-corrected chi connectivity index (χ0v) is 8.09. The van der Waals surface area contributed by atoms with Crippen LogP contribution in [0, 0.1) is 17.8 Å². The number of methoxy groups -OCH3 is 1. The summed E-state index contributed by atoms with van der Waals surface area (Å²) < 4.78 is 5.19. The van der Waals surface area contributed by atoms with E-state index in [0.717, 1.165) is 24.4 Å². The highest BCUT2D eigenvalue weighted by atomic mass is 16.5. The van der Waals surface area contributed by atoms with Crippen LogP contribution in [0.2, 0.25) is 0 Å².